The number of ether oxygens (including phenoxy) is 1. The van der Waals surface area contributed by atoms with Crippen LogP contribution in [0.5, 0.6) is 0 Å². The molecule has 0 N–H and O–H groups in total. The highest BCUT2D eigenvalue weighted by molar-refractivity contribution is 5.79. The van der Waals surface area contributed by atoms with Crippen molar-refractivity contribution in [2.24, 2.45) is 0 Å². The predicted octanol–water partition coefficient (Wildman–Crippen LogP) is 3.39. The minimum absolute atomic E-state index is 0.159. The molecule has 1 amide bonds. The molecule has 1 aliphatic rings. The van der Waals surface area contributed by atoms with Crippen LogP contribution in [0.1, 0.15) is 28.7 Å². The van der Waals surface area contributed by atoms with Crippen LogP contribution in [0.2, 0.25) is 0 Å². The Kier molecular flexibility index (Phi) is 5.31. The summed E-state index contributed by atoms with van der Waals surface area (Å²) in [5.41, 5.74) is 5.00. The van der Waals surface area contributed by atoms with E-state index < -0.39 is 0 Å². The van der Waals surface area contributed by atoms with E-state index in [0.29, 0.717) is 13.0 Å². The summed E-state index contributed by atoms with van der Waals surface area (Å²) in [6, 6.07) is 16.5. The Morgan fingerprint density at radius 1 is 1.17 bits per heavy atom. The standard InChI is InChI=1S/C21H25NO2/c1-22(15-16-7-4-3-5-8-16)21(23)13-18-10-6-9-17-11-12-19(24-2)14-20(17)18/h3-10,19H,11-15H2,1-2H3. The van der Waals surface area contributed by atoms with Gasteiger partial charge in [0.1, 0.15) is 0 Å². The van der Waals surface area contributed by atoms with E-state index in [1.807, 2.05) is 30.1 Å². The van der Waals surface area contributed by atoms with Gasteiger partial charge in [0.25, 0.3) is 0 Å². The lowest BCUT2D eigenvalue weighted by Crippen LogP contribution is -2.29. The first-order valence-electron chi connectivity index (χ1n) is 8.57. The fraction of sp³-hybridized carbons (Fsp3) is 0.381. The van der Waals surface area contributed by atoms with Crippen molar-refractivity contribution in [3.8, 4) is 0 Å². The van der Waals surface area contributed by atoms with E-state index in [0.717, 1.165) is 30.4 Å². The number of methoxy groups -OCH3 is 1. The number of hydrogen-bond donors (Lipinski definition) is 0. The normalized spacial score (nSPS) is 16.5. The van der Waals surface area contributed by atoms with Crippen LogP contribution in [-0.4, -0.2) is 31.1 Å². The lowest BCUT2D eigenvalue weighted by molar-refractivity contribution is -0.129. The summed E-state index contributed by atoms with van der Waals surface area (Å²) in [6.07, 6.45) is 3.75. The molecule has 0 fully saturated rings. The monoisotopic (exact) mass is 323 g/mol. The van der Waals surface area contributed by atoms with Gasteiger partial charge in [-0.3, -0.25) is 4.79 Å². The maximum Gasteiger partial charge on any atom is 0.227 e. The predicted molar refractivity (Wildman–Crippen MR) is 95.9 cm³/mol. The molecule has 1 atom stereocenters. The second-order valence-corrected chi connectivity index (χ2v) is 6.57. The number of nitrogens with zero attached hydrogens (tertiary/aromatic N) is 1. The van der Waals surface area contributed by atoms with Crippen molar-refractivity contribution in [2.75, 3.05) is 14.2 Å². The summed E-state index contributed by atoms with van der Waals surface area (Å²) in [5, 5.41) is 0. The first-order chi connectivity index (χ1) is 11.7. The highest BCUT2D eigenvalue weighted by atomic mass is 16.5. The molecular weight excluding hydrogens is 298 g/mol. The molecule has 0 heterocycles. The van der Waals surface area contributed by atoms with Gasteiger partial charge in [-0.25, -0.2) is 0 Å². The molecule has 0 aromatic heterocycles. The van der Waals surface area contributed by atoms with E-state index in [1.54, 1.807) is 7.11 Å². The molecule has 1 unspecified atom stereocenters. The van der Waals surface area contributed by atoms with Crippen molar-refractivity contribution < 1.29 is 9.53 Å². The molecule has 1 aliphatic carbocycles. The van der Waals surface area contributed by atoms with Crippen LogP contribution in [0, 0.1) is 0 Å². The summed E-state index contributed by atoms with van der Waals surface area (Å²) in [5.74, 6) is 0.159. The summed E-state index contributed by atoms with van der Waals surface area (Å²) in [6.45, 7) is 0.648. The van der Waals surface area contributed by atoms with Crippen LogP contribution in [0.15, 0.2) is 48.5 Å². The van der Waals surface area contributed by atoms with Gasteiger partial charge >= 0.3 is 0 Å². The number of hydrogen-bond acceptors (Lipinski definition) is 2. The lowest BCUT2D eigenvalue weighted by Gasteiger charge is -2.26. The molecule has 0 aliphatic heterocycles. The maximum atomic E-state index is 12.6. The number of aryl methyl sites for hydroxylation is 1. The SMILES string of the molecule is COC1CCc2cccc(CC(=O)N(C)Cc3ccccc3)c2C1. The summed E-state index contributed by atoms with van der Waals surface area (Å²) < 4.78 is 5.54. The van der Waals surface area contributed by atoms with Gasteiger partial charge in [0.05, 0.1) is 12.5 Å². The van der Waals surface area contributed by atoms with Gasteiger partial charge in [-0.1, -0.05) is 48.5 Å². The molecule has 0 saturated heterocycles. The lowest BCUT2D eigenvalue weighted by atomic mass is 9.85. The molecular formula is C21H25NO2. The van der Waals surface area contributed by atoms with Crippen molar-refractivity contribution in [2.45, 2.75) is 38.3 Å². The smallest absolute Gasteiger partial charge is 0.227 e. The second-order valence-electron chi connectivity index (χ2n) is 6.57. The van der Waals surface area contributed by atoms with Crippen molar-refractivity contribution in [3.63, 3.8) is 0 Å². The van der Waals surface area contributed by atoms with Gasteiger partial charge in [-0.15, -0.1) is 0 Å². The molecule has 3 nitrogen and oxygen atoms in total. The number of carbonyl (C=O) groups excluding carboxylic acids is 1. The van der Waals surface area contributed by atoms with Crippen LogP contribution in [0.25, 0.3) is 0 Å². The van der Waals surface area contributed by atoms with E-state index in [-0.39, 0.29) is 12.0 Å². The molecule has 0 spiro atoms. The Morgan fingerprint density at radius 2 is 1.96 bits per heavy atom. The Morgan fingerprint density at radius 3 is 2.71 bits per heavy atom. The Balaban J connectivity index is 1.70. The van der Waals surface area contributed by atoms with Crippen LogP contribution in [0.3, 0.4) is 0 Å². The molecule has 3 rings (SSSR count). The van der Waals surface area contributed by atoms with Crippen molar-refractivity contribution in [1.82, 2.24) is 4.90 Å². The molecule has 0 radical (unpaired) electrons. The fourth-order valence-electron chi connectivity index (χ4n) is 3.44. The third-order valence-electron chi connectivity index (χ3n) is 4.90. The largest absolute Gasteiger partial charge is 0.381 e. The molecule has 2 aromatic rings. The molecule has 2 aromatic carbocycles. The third-order valence-corrected chi connectivity index (χ3v) is 4.90. The van der Waals surface area contributed by atoms with Crippen molar-refractivity contribution in [3.05, 3.63) is 70.8 Å². The Labute approximate surface area is 144 Å². The van der Waals surface area contributed by atoms with E-state index in [1.165, 1.54) is 11.1 Å². The zero-order valence-electron chi connectivity index (χ0n) is 14.5. The first-order valence-corrected chi connectivity index (χ1v) is 8.57. The van der Waals surface area contributed by atoms with Gasteiger partial charge in [0, 0.05) is 20.7 Å². The molecule has 0 saturated carbocycles. The van der Waals surface area contributed by atoms with Gasteiger partial charge in [0.2, 0.25) is 5.91 Å². The van der Waals surface area contributed by atoms with E-state index in [9.17, 15) is 4.79 Å². The minimum atomic E-state index is 0.159. The number of amides is 1. The average Bonchev–Trinajstić information content (AvgIpc) is 2.62. The number of fused-ring (bicyclic) bond motifs is 1. The summed E-state index contributed by atoms with van der Waals surface area (Å²) >= 11 is 0. The van der Waals surface area contributed by atoms with Gasteiger partial charge in [0.15, 0.2) is 0 Å². The Hall–Kier alpha value is -2.13. The average molecular weight is 323 g/mol. The molecule has 0 bridgehead atoms. The zero-order valence-corrected chi connectivity index (χ0v) is 14.5. The number of likely N-dealkylation sites (N-methyl/N-ethyl adjacent to an activating group) is 1. The third kappa shape index (κ3) is 3.85. The number of benzene rings is 2. The van der Waals surface area contributed by atoms with E-state index in [4.69, 9.17) is 4.74 Å². The van der Waals surface area contributed by atoms with Crippen molar-refractivity contribution >= 4 is 5.91 Å². The highest BCUT2D eigenvalue weighted by Gasteiger charge is 2.22. The van der Waals surface area contributed by atoms with E-state index in [2.05, 4.69) is 30.3 Å². The van der Waals surface area contributed by atoms with Crippen molar-refractivity contribution in [1.29, 1.82) is 0 Å². The summed E-state index contributed by atoms with van der Waals surface area (Å²) in [4.78, 5) is 14.5. The maximum absolute atomic E-state index is 12.6. The molecule has 24 heavy (non-hydrogen) atoms. The van der Waals surface area contributed by atoms with Crippen LogP contribution in [-0.2, 0) is 35.3 Å². The van der Waals surface area contributed by atoms with Gasteiger partial charge in [-0.2, -0.15) is 0 Å². The minimum Gasteiger partial charge on any atom is -0.381 e. The summed E-state index contributed by atoms with van der Waals surface area (Å²) in [7, 11) is 3.65. The van der Waals surface area contributed by atoms with Crippen LogP contribution in [0.4, 0.5) is 0 Å². The fourth-order valence-corrected chi connectivity index (χ4v) is 3.44. The van der Waals surface area contributed by atoms with Crippen LogP contribution >= 0.6 is 0 Å². The topological polar surface area (TPSA) is 29.5 Å². The second kappa shape index (κ2) is 7.63. The first kappa shape index (κ1) is 16.7. The van der Waals surface area contributed by atoms with Gasteiger partial charge in [-0.05, 0) is 41.5 Å². The number of rotatable bonds is 5. The van der Waals surface area contributed by atoms with Gasteiger partial charge < -0.3 is 9.64 Å². The molecule has 126 valence electrons. The van der Waals surface area contributed by atoms with E-state index >= 15 is 0 Å². The zero-order chi connectivity index (χ0) is 16.9. The Bertz CT molecular complexity index is 696. The van der Waals surface area contributed by atoms with Crippen LogP contribution < -0.4 is 0 Å². The highest BCUT2D eigenvalue weighted by Crippen LogP contribution is 2.26. The number of carbonyl (C=O) groups is 1. The quantitative estimate of drug-likeness (QED) is 0.844. The molecule has 3 heteroatoms.